The van der Waals surface area contributed by atoms with E-state index in [1.165, 1.54) is 4.68 Å². The van der Waals surface area contributed by atoms with Crippen LogP contribution >= 0.6 is 0 Å². The van der Waals surface area contributed by atoms with Crippen LogP contribution in [0.4, 0.5) is 13.2 Å². The molecule has 1 N–H and O–H groups in total. The van der Waals surface area contributed by atoms with E-state index in [4.69, 9.17) is 0 Å². The number of amides is 1. The van der Waals surface area contributed by atoms with Gasteiger partial charge in [-0.2, -0.15) is 23.4 Å². The van der Waals surface area contributed by atoms with Crippen molar-refractivity contribution >= 4 is 5.91 Å². The number of hydrogen-bond donors (Lipinski definition) is 1. The van der Waals surface area contributed by atoms with Gasteiger partial charge in [-0.1, -0.05) is 0 Å². The predicted molar refractivity (Wildman–Crippen MR) is 74.3 cm³/mol. The van der Waals surface area contributed by atoms with Crippen LogP contribution in [-0.4, -0.2) is 25.5 Å². The van der Waals surface area contributed by atoms with E-state index < -0.39 is 11.9 Å². The molecule has 0 saturated heterocycles. The Morgan fingerprint density at radius 3 is 2.74 bits per heavy atom. The second-order valence-corrected chi connectivity index (χ2v) is 5.68. The van der Waals surface area contributed by atoms with Crippen molar-refractivity contribution < 1.29 is 18.0 Å². The van der Waals surface area contributed by atoms with E-state index in [2.05, 4.69) is 15.5 Å². The van der Waals surface area contributed by atoms with Crippen molar-refractivity contribution in [2.24, 2.45) is 7.05 Å². The number of rotatable bonds is 5. The van der Waals surface area contributed by atoms with Crippen molar-refractivity contribution in [3.63, 3.8) is 0 Å². The molecule has 2 aromatic rings. The minimum Gasteiger partial charge on any atom is -0.350 e. The highest BCUT2D eigenvalue weighted by Gasteiger charge is 2.38. The molecular weight excluding hydrogens is 311 g/mol. The molecular formula is C14H16F3N5O. The number of halogens is 3. The van der Waals surface area contributed by atoms with E-state index in [9.17, 15) is 18.0 Å². The first-order valence-corrected chi connectivity index (χ1v) is 7.22. The molecule has 9 heteroatoms. The summed E-state index contributed by atoms with van der Waals surface area (Å²) in [5.41, 5.74) is 0.355. The SMILES string of the molecule is Cn1cc(CNC(=O)Cn2nc(C(F)(F)F)cc2C2CC2)cn1. The van der Waals surface area contributed by atoms with Gasteiger partial charge in [0.25, 0.3) is 0 Å². The van der Waals surface area contributed by atoms with Crippen LogP contribution in [0, 0.1) is 0 Å². The lowest BCUT2D eigenvalue weighted by Gasteiger charge is -2.07. The van der Waals surface area contributed by atoms with Crippen molar-refractivity contribution in [1.29, 1.82) is 0 Å². The maximum Gasteiger partial charge on any atom is 0.435 e. The van der Waals surface area contributed by atoms with Gasteiger partial charge in [-0.3, -0.25) is 14.2 Å². The smallest absolute Gasteiger partial charge is 0.350 e. The maximum absolute atomic E-state index is 12.8. The number of aromatic nitrogens is 4. The van der Waals surface area contributed by atoms with Crippen molar-refractivity contribution in [1.82, 2.24) is 24.9 Å². The average Bonchev–Trinajstić information content (AvgIpc) is 3.08. The molecule has 3 rings (SSSR count). The quantitative estimate of drug-likeness (QED) is 0.911. The minimum atomic E-state index is -4.50. The predicted octanol–water partition coefficient (Wildman–Crippen LogP) is 1.83. The van der Waals surface area contributed by atoms with E-state index in [1.54, 1.807) is 24.1 Å². The largest absolute Gasteiger partial charge is 0.435 e. The number of carbonyl (C=O) groups excluding carboxylic acids is 1. The first kappa shape index (κ1) is 15.6. The fourth-order valence-corrected chi connectivity index (χ4v) is 2.36. The highest BCUT2D eigenvalue weighted by Crippen LogP contribution is 2.42. The molecule has 1 aliphatic carbocycles. The van der Waals surface area contributed by atoms with E-state index in [0.717, 1.165) is 24.5 Å². The Bertz CT molecular complexity index is 714. The normalized spacial score (nSPS) is 15.0. The fraction of sp³-hybridized carbons (Fsp3) is 0.500. The first-order chi connectivity index (χ1) is 10.8. The summed E-state index contributed by atoms with van der Waals surface area (Å²) in [6.45, 7) is 0.0566. The lowest BCUT2D eigenvalue weighted by Crippen LogP contribution is -2.28. The summed E-state index contributed by atoms with van der Waals surface area (Å²) in [5.74, 6) is -0.308. The van der Waals surface area contributed by atoms with Gasteiger partial charge in [-0.05, 0) is 18.9 Å². The van der Waals surface area contributed by atoms with Crippen molar-refractivity contribution in [2.75, 3.05) is 0 Å². The number of aryl methyl sites for hydroxylation is 1. The van der Waals surface area contributed by atoms with Gasteiger partial charge in [0.05, 0.1) is 6.20 Å². The van der Waals surface area contributed by atoms with Crippen LogP contribution in [0.25, 0.3) is 0 Å². The minimum absolute atomic E-state index is 0.0738. The summed E-state index contributed by atoms with van der Waals surface area (Å²) in [6, 6.07) is 1.05. The van der Waals surface area contributed by atoms with Gasteiger partial charge in [-0.25, -0.2) is 0 Å². The van der Waals surface area contributed by atoms with Gasteiger partial charge in [0.15, 0.2) is 5.69 Å². The number of alkyl halides is 3. The van der Waals surface area contributed by atoms with Crippen LogP contribution in [0.3, 0.4) is 0 Å². The molecule has 124 valence electrons. The zero-order chi connectivity index (χ0) is 16.6. The molecule has 1 fully saturated rings. The van der Waals surface area contributed by atoms with Gasteiger partial charge in [0, 0.05) is 37.0 Å². The number of nitrogens with zero attached hydrogens (tertiary/aromatic N) is 4. The molecule has 2 aromatic heterocycles. The lowest BCUT2D eigenvalue weighted by molar-refractivity contribution is -0.141. The van der Waals surface area contributed by atoms with Crippen LogP contribution in [0.2, 0.25) is 0 Å². The van der Waals surface area contributed by atoms with Crippen molar-refractivity contribution in [2.45, 2.75) is 38.0 Å². The number of hydrogen-bond acceptors (Lipinski definition) is 3. The van der Waals surface area contributed by atoms with Crippen molar-refractivity contribution in [3.8, 4) is 0 Å². The van der Waals surface area contributed by atoms with Gasteiger partial charge in [0.2, 0.25) is 5.91 Å². The summed E-state index contributed by atoms with van der Waals surface area (Å²) in [4.78, 5) is 12.0. The lowest BCUT2D eigenvalue weighted by atomic mass is 10.2. The van der Waals surface area contributed by atoms with E-state index >= 15 is 0 Å². The first-order valence-electron chi connectivity index (χ1n) is 7.22. The van der Waals surface area contributed by atoms with Gasteiger partial charge < -0.3 is 5.32 Å². The van der Waals surface area contributed by atoms with E-state index in [-0.39, 0.29) is 24.9 Å². The van der Waals surface area contributed by atoms with Crippen LogP contribution < -0.4 is 5.32 Å². The Kier molecular flexibility index (Phi) is 3.87. The van der Waals surface area contributed by atoms with Gasteiger partial charge >= 0.3 is 6.18 Å². The third-order valence-electron chi connectivity index (χ3n) is 3.64. The number of carbonyl (C=O) groups is 1. The van der Waals surface area contributed by atoms with Crippen LogP contribution in [-0.2, 0) is 31.1 Å². The zero-order valence-corrected chi connectivity index (χ0v) is 12.5. The van der Waals surface area contributed by atoms with Gasteiger partial charge in [-0.15, -0.1) is 0 Å². The summed E-state index contributed by atoms with van der Waals surface area (Å²) >= 11 is 0. The third-order valence-corrected chi connectivity index (χ3v) is 3.64. The molecule has 0 aromatic carbocycles. The molecule has 0 bridgehead atoms. The Morgan fingerprint density at radius 1 is 1.43 bits per heavy atom. The van der Waals surface area contributed by atoms with Crippen LogP contribution in [0.1, 0.15) is 35.7 Å². The summed E-state index contributed by atoms with van der Waals surface area (Å²) in [7, 11) is 1.76. The highest BCUT2D eigenvalue weighted by atomic mass is 19.4. The molecule has 0 aliphatic heterocycles. The molecule has 23 heavy (non-hydrogen) atoms. The van der Waals surface area contributed by atoms with Crippen LogP contribution in [0.5, 0.6) is 0 Å². The number of nitrogens with one attached hydrogen (secondary N) is 1. The summed E-state index contributed by atoms with van der Waals surface area (Å²) in [6.07, 6.45) is 0.540. The molecule has 0 unspecified atom stereocenters. The molecule has 0 radical (unpaired) electrons. The van der Waals surface area contributed by atoms with E-state index in [1.807, 2.05) is 0 Å². The second kappa shape index (κ2) is 5.71. The second-order valence-electron chi connectivity index (χ2n) is 5.68. The Morgan fingerprint density at radius 2 is 2.17 bits per heavy atom. The van der Waals surface area contributed by atoms with E-state index in [0.29, 0.717) is 5.69 Å². The molecule has 0 atom stereocenters. The molecule has 2 heterocycles. The zero-order valence-electron chi connectivity index (χ0n) is 12.5. The summed E-state index contributed by atoms with van der Waals surface area (Å²) in [5, 5.41) is 10.2. The fourth-order valence-electron chi connectivity index (χ4n) is 2.36. The monoisotopic (exact) mass is 327 g/mol. The average molecular weight is 327 g/mol. The van der Waals surface area contributed by atoms with Gasteiger partial charge in [0.1, 0.15) is 6.54 Å². The van der Waals surface area contributed by atoms with Crippen molar-refractivity contribution in [3.05, 3.63) is 35.4 Å². The Hall–Kier alpha value is -2.32. The Balaban J connectivity index is 1.66. The third kappa shape index (κ3) is 3.72. The summed E-state index contributed by atoms with van der Waals surface area (Å²) < 4.78 is 41.1. The van der Waals surface area contributed by atoms with Crippen LogP contribution in [0.15, 0.2) is 18.5 Å². The molecule has 0 spiro atoms. The molecule has 1 amide bonds. The standard InChI is InChI=1S/C14H16F3N5O/c1-21-7-9(6-19-21)5-18-13(23)8-22-11(10-2-3-10)4-12(20-22)14(15,16)17/h4,6-7,10H,2-3,5,8H2,1H3,(H,18,23). The molecule has 6 nitrogen and oxygen atoms in total. The molecule has 1 aliphatic rings. The topological polar surface area (TPSA) is 64.7 Å². The maximum atomic E-state index is 12.8. The molecule has 1 saturated carbocycles. The highest BCUT2D eigenvalue weighted by molar-refractivity contribution is 5.75. The Labute approximate surface area is 130 Å².